The Kier molecular flexibility index (Phi) is 7.17. The van der Waals surface area contributed by atoms with Gasteiger partial charge in [-0.05, 0) is 43.7 Å². The Labute approximate surface area is 177 Å². The summed E-state index contributed by atoms with van der Waals surface area (Å²) in [5, 5.41) is 0. The molecule has 0 N–H and O–H groups in total. The zero-order valence-electron chi connectivity index (χ0n) is 17.7. The van der Waals surface area contributed by atoms with E-state index < -0.39 is 0 Å². The fourth-order valence-corrected chi connectivity index (χ4v) is 3.58. The summed E-state index contributed by atoms with van der Waals surface area (Å²) in [6.45, 7) is 4.48. The third-order valence-corrected chi connectivity index (χ3v) is 5.12. The fraction of sp³-hybridized carbons (Fsp3) is 0.391. The molecule has 160 valence electrons. The minimum atomic E-state index is -0.0789. The zero-order valence-corrected chi connectivity index (χ0v) is 17.7. The van der Waals surface area contributed by atoms with Crippen LogP contribution in [0.4, 0.5) is 0 Å². The Bertz CT molecular complexity index is 899. The Morgan fingerprint density at radius 2 is 1.50 bits per heavy atom. The van der Waals surface area contributed by atoms with Crippen molar-refractivity contribution in [3.63, 3.8) is 0 Å². The van der Waals surface area contributed by atoms with Gasteiger partial charge in [0.15, 0.2) is 11.5 Å². The van der Waals surface area contributed by atoms with Gasteiger partial charge in [0.2, 0.25) is 0 Å². The van der Waals surface area contributed by atoms with Gasteiger partial charge in [0.1, 0.15) is 5.75 Å². The number of methoxy groups -OCH3 is 2. The molecule has 0 radical (unpaired) electrons. The van der Waals surface area contributed by atoms with E-state index >= 15 is 0 Å². The second-order valence-corrected chi connectivity index (χ2v) is 6.94. The highest BCUT2D eigenvalue weighted by atomic mass is 16.5. The summed E-state index contributed by atoms with van der Waals surface area (Å²) >= 11 is 0. The van der Waals surface area contributed by atoms with E-state index in [1.807, 2.05) is 19.1 Å². The maximum absolute atomic E-state index is 13.1. The van der Waals surface area contributed by atoms with Crippen molar-refractivity contribution in [3.8, 4) is 17.2 Å². The number of para-hydroxylation sites is 1. The van der Waals surface area contributed by atoms with Crippen LogP contribution in [0.5, 0.6) is 17.2 Å². The first-order chi connectivity index (χ1) is 14.6. The van der Waals surface area contributed by atoms with E-state index in [-0.39, 0.29) is 11.8 Å². The van der Waals surface area contributed by atoms with E-state index in [2.05, 4.69) is 0 Å². The number of carbonyl (C=O) groups is 2. The lowest BCUT2D eigenvalue weighted by atomic mass is 10.1. The van der Waals surface area contributed by atoms with E-state index in [1.54, 1.807) is 54.4 Å². The molecule has 0 bridgehead atoms. The molecule has 0 spiro atoms. The monoisotopic (exact) mass is 412 g/mol. The smallest absolute Gasteiger partial charge is 0.257 e. The van der Waals surface area contributed by atoms with Gasteiger partial charge in [0.25, 0.3) is 11.8 Å². The Morgan fingerprint density at radius 3 is 2.17 bits per heavy atom. The molecule has 0 saturated carbocycles. The number of hydrogen-bond donors (Lipinski definition) is 0. The standard InChI is InChI=1S/C23H28N2O5/c1-4-30-21-16-17(10-11-20(21)29-3)22(26)24-12-7-13-25(15-14-24)23(27)18-8-5-6-9-19(18)28-2/h5-6,8-11,16H,4,7,12-15H2,1-3H3. The molecule has 1 saturated heterocycles. The van der Waals surface area contributed by atoms with Crippen LogP contribution in [0.25, 0.3) is 0 Å². The van der Waals surface area contributed by atoms with Crippen molar-refractivity contribution < 1.29 is 23.8 Å². The molecule has 0 aliphatic carbocycles. The van der Waals surface area contributed by atoms with Crippen molar-refractivity contribution >= 4 is 11.8 Å². The van der Waals surface area contributed by atoms with Crippen LogP contribution in [0.3, 0.4) is 0 Å². The quantitative estimate of drug-likeness (QED) is 0.729. The number of rotatable bonds is 6. The third kappa shape index (κ3) is 4.67. The van der Waals surface area contributed by atoms with Crippen molar-refractivity contribution in [1.82, 2.24) is 9.80 Å². The second-order valence-electron chi connectivity index (χ2n) is 6.94. The lowest BCUT2D eigenvalue weighted by molar-refractivity contribution is 0.0716. The molecule has 2 amide bonds. The molecule has 1 aliphatic rings. The van der Waals surface area contributed by atoms with Crippen molar-refractivity contribution in [2.45, 2.75) is 13.3 Å². The molecule has 0 aromatic heterocycles. The molecule has 7 nitrogen and oxygen atoms in total. The molecule has 2 aromatic carbocycles. The number of hydrogen-bond acceptors (Lipinski definition) is 5. The number of nitrogens with zero attached hydrogens (tertiary/aromatic N) is 2. The first-order valence-corrected chi connectivity index (χ1v) is 10.1. The first-order valence-electron chi connectivity index (χ1n) is 10.1. The van der Waals surface area contributed by atoms with E-state index in [0.717, 1.165) is 0 Å². The largest absolute Gasteiger partial charge is 0.496 e. The van der Waals surface area contributed by atoms with Crippen molar-refractivity contribution in [2.24, 2.45) is 0 Å². The van der Waals surface area contributed by atoms with Gasteiger partial charge in [-0.3, -0.25) is 9.59 Å². The molecule has 1 aliphatic heterocycles. The van der Waals surface area contributed by atoms with E-state index in [9.17, 15) is 9.59 Å². The average molecular weight is 412 g/mol. The molecule has 1 fully saturated rings. The minimum absolute atomic E-state index is 0.0785. The summed E-state index contributed by atoms with van der Waals surface area (Å²) in [6.07, 6.45) is 0.709. The highest BCUT2D eigenvalue weighted by Gasteiger charge is 2.25. The van der Waals surface area contributed by atoms with Crippen LogP contribution in [-0.2, 0) is 0 Å². The van der Waals surface area contributed by atoms with Gasteiger partial charge in [0, 0.05) is 31.7 Å². The van der Waals surface area contributed by atoms with Gasteiger partial charge in [-0.15, -0.1) is 0 Å². The summed E-state index contributed by atoms with van der Waals surface area (Å²) in [6, 6.07) is 12.4. The maximum atomic E-state index is 13.1. The van der Waals surface area contributed by atoms with Crippen molar-refractivity contribution in [1.29, 1.82) is 0 Å². The number of amides is 2. The summed E-state index contributed by atoms with van der Waals surface area (Å²) in [5.74, 6) is 1.54. The zero-order chi connectivity index (χ0) is 21.5. The van der Waals surface area contributed by atoms with Crippen LogP contribution in [0.15, 0.2) is 42.5 Å². The van der Waals surface area contributed by atoms with Gasteiger partial charge in [-0.2, -0.15) is 0 Å². The van der Waals surface area contributed by atoms with Crippen LogP contribution in [0.1, 0.15) is 34.1 Å². The third-order valence-electron chi connectivity index (χ3n) is 5.12. The molecule has 2 aromatic rings. The van der Waals surface area contributed by atoms with E-state index in [0.29, 0.717) is 67.6 Å². The van der Waals surface area contributed by atoms with E-state index in [4.69, 9.17) is 14.2 Å². The van der Waals surface area contributed by atoms with Crippen LogP contribution in [0, 0.1) is 0 Å². The van der Waals surface area contributed by atoms with Gasteiger partial charge in [-0.25, -0.2) is 0 Å². The normalized spacial score (nSPS) is 14.1. The molecule has 30 heavy (non-hydrogen) atoms. The lowest BCUT2D eigenvalue weighted by Gasteiger charge is -2.23. The first kappa shape index (κ1) is 21.5. The Hall–Kier alpha value is -3.22. The summed E-state index contributed by atoms with van der Waals surface area (Å²) in [7, 11) is 3.13. The molecule has 1 heterocycles. The highest BCUT2D eigenvalue weighted by Crippen LogP contribution is 2.29. The second kappa shape index (κ2) is 10.0. The Morgan fingerprint density at radius 1 is 0.833 bits per heavy atom. The molecular weight excluding hydrogens is 384 g/mol. The number of benzene rings is 2. The molecular formula is C23H28N2O5. The van der Waals surface area contributed by atoms with Crippen LogP contribution >= 0.6 is 0 Å². The predicted octanol–water partition coefficient (Wildman–Crippen LogP) is 3.09. The van der Waals surface area contributed by atoms with Gasteiger partial charge in [0.05, 0.1) is 26.4 Å². The van der Waals surface area contributed by atoms with Gasteiger partial charge < -0.3 is 24.0 Å². The SMILES string of the molecule is CCOc1cc(C(=O)N2CCCN(C(=O)c3ccccc3OC)CC2)ccc1OC. The topological polar surface area (TPSA) is 68.3 Å². The van der Waals surface area contributed by atoms with Gasteiger partial charge >= 0.3 is 0 Å². The van der Waals surface area contributed by atoms with Gasteiger partial charge in [-0.1, -0.05) is 12.1 Å². The highest BCUT2D eigenvalue weighted by molar-refractivity contribution is 5.97. The number of ether oxygens (including phenoxy) is 3. The van der Waals surface area contributed by atoms with Crippen LogP contribution in [0.2, 0.25) is 0 Å². The Balaban J connectivity index is 1.71. The predicted molar refractivity (Wildman–Crippen MR) is 114 cm³/mol. The molecule has 3 rings (SSSR count). The summed E-state index contributed by atoms with van der Waals surface area (Å²) in [4.78, 5) is 29.6. The minimum Gasteiger partial charge on any atom is -0.496 e. The van der Waals surface area contributed by atoms with Crippen molar-refractivity contribution in [3.05, 3.63) is 53.6 Å². The lowest BCUT2D eigenvalue weighted by Crippen LogP contribution is -2.37. The molecule has 0 unspecified atom stereocenters. The summed E-state index contributed by atoms with van der Waals surface area (Å²) < 4.78 is 16.2. The number of carbonyl (C=O) groups excluding carboxylic acids is 2. The van der Waals surface area contributed by atoms with E-state index in [1.165, 1.54) is 0 Å². The van der Waals surface area contributed by atoms with Crippen LogP contribution in [-0.4, -0.2) is 68.6 Å². The van der Waals surface area contributed by atoms with Crippen molar-refractivity contribution in [2.75, 3.05) is 47.0 Å². The summed E-state index contributed by atoms with van der Waals surface area (Å²) in [5.41, 5.74) is 1.08. The van der Waals surface area contributed by atoms with Crippen LogP contribution < -0.4 is 14.2 Å². The molecule has 0 atom stereocenters. The maximum Gasteiger partial charge on any atom is 0.257 e. The average Bonchev–Trinajstić information content (AvgIpc) is 3.04. The fourth-order valence-electron chi connectivity index (χ4n) is 3.58. The molecule has 7 heteroatoms.